The van der Waals surface area contributed by atoms with E-state index in [1.165, 1.54) is 18.4 Å². The average Bonchev–Trinajstić information content (AvgIpc) is 3.13. The average molecular weight is 277 g/mol. The second-order valence-electron chi connectivity index (χ2n) is 5.59. The summed E-state index contributed by atoms with van der Waals surface area (Å²) >= 11 is 0. The van der Waals surface area contributed by atoms with Crippen LogP contribution in [0.25, 0.3) is 0 Å². The van der Waals surface area contributed by atoms with Gasteiger partial charge < -0.3 is 19.5 Å². The fourth-order valence-corrected chi connectivity index (χ4v) is 2.94. The molecule has 0 radical (unpaired) electrons. The van der Waals surface area contributed by atoms with Gasteiger partial charge in [0.05, 0.1) is 20.3 Å². The quantitative estimate of drug-likeness (QED) is 0.895. The summed E-state index contributed by atoms with van der Waals surface area (Å²) in [6.07, 6.45) is 4.71. The van der Waals surface area contributed by atoms with Crippen molar-refractivity contribution in [2.75, 3.05) is 26.9 Å². The lowest BCUT2D eigenvalue weighted by Gasteiger charge is -2.17. The minimum Gasteiger partial charge on any atom is -0.493 e. The van der Waals surface area contributed by atoms with Crippen molar-refractivity contribution in [2.45, 2.75) is 37.8 Å². The molecule has 0 saturated carbocycles. The van der Waals surface area contributed by atoms with E-state index in [0.29, 0.717) is 12.6 Å². The second-order valence-corrected chi connectivity index (χ2v) is 5.59. The molecule has 0 bridgehead atoms. The van der Waals surface area contributed by atoms with Gasteiger partial charge in [0, 0.05) is 12.5 Å². The first-order chi connectivity index (χ1) is 9.85. The van der Waals surface area contributed by atoms with E-state index >= 15 is 0 Å². The number of nitrogens with one attached hydrogen (secondary N) is 1. The summed E-state index contributed by atoms with van der Waals surface area (Å²) in [7, 11) is 1.69. The number of hydrogen-bond acceptors (Lipinski definition) is 4. The molecule has 0 spiro atoms. The van der Waals surface area contributed by atoms with Crippen LogP contribution in [0.2, 0.25) is 0 Å². The zero-order valence-corrected chi connectivity index (χ0v) is 12.1. The van der Waals surface area contributed by atoms with Crippen molar-refractivity contribution in [1.82, 2.24) is 5.32 Å². The predicted molar refractivity (Wildman–Crippen MR) is 77.6 cm³/mol. The summed E-state index contributed by atoms with van der Waals surface area (Å²) in [5.74, 6) is 1.65. The highest BCUT2D eigenvalue weighted by Crippen LogP contribution is 2.31. The molecule has 2 saturated heterocycles. The Morgan fingerprint density at radius 1 is 1.30 bits per heavy atom. The fraction of sp³-hybridized carbons (Fsp3) is 0.625. The lowest BCUT2D eigenvalue weighted by molar-refractivity contribution is 0.138. The van der Waals surface area contributed by atoms with Crippen LogP contribution in [0.15, 0.2) is 18.2 Å². The van der Waals surface area contributed by atoms with Crippen molar-refractivity contribution in [2.24, 2.45) is 0 Å². The molecule has 2 aliphatic rings. The van der Waals surface area contributed by atoms with Crippen LogP contribution in [-0.2, 0) is 11.2 Å². The van der Waals surface area contributed by atoms with Crippen LogP contribution in [-0.4, -0.2) is 39.0 Å². The predicted octanol–water partition coefficient (Wildman–Crippen LogP) is 2.16. The molecule has 4 nitrogen and oxygen atoms in total. The van der Waals surface area contributed by atoms with Gasteiger partial charge in [0.25, 0.3) is 0 Å². The van der Waals surface area contributed by atoms with Gasteiger partial charge in [0.2, 0.25) is 0 Å². The summed E-state index contributed by atoms with van der Waals surface area (Å²) < 4.78 is 16.8. The van der Waals surface area contributed by atoms with Crippen LogP contribution in [0.1, 0.15) is 24.8 Å². The van der Waals surface area contributed by atoms with Gasteiger partial charge in [-0.25, -0.2) is 0 Å². The molecule has 0 aliphatic carbocycles. The molecule has 0 amide bonds. The van der Waals surface area contributed by atoms with Crippen LogP contribution in [0, 0.1) is 0 Å². The molecule has 110 valence electrons. The maximum Gasteiger partial charge on any atom is 0.161 e. The highest BCUT2D eigenvalue weighted by atomic mass is 16.6. The standard InChI is InChI=1S/C16H23NO3/c1-18-15-5-4-12(9-13-3-2-7-17-13)10-16(15)20-14-6-8-19-11-14/h4-5,10,13-14,17H,2-3,6-9,11H2,1H3. The molecular weight excluding hydrogens is 254 g/mol. The molecular formula is C16H23NO3. The van der Waals surface area contributed by atoms with Crippen molar-refractivity contribution >= 4 is 0 Å². The molecule has 4 heteroatoms. The fourth-order valence-electron chi connectivity index (χ4n) is 2.94. The number of rotatable bonds is 5. The molecule has 2 aliphatic heterocycles. The normalized spacial score (nSPS) is 25.9. The number of methoxy groups -OCH3 is 1. The first kappa shape index (κ1) is 13.7. The van der Waals surface area contributed by atoms with Crippen molar-refractivity contribution in [3.05, 3.63) is 23.8 Å². The van der Waals surface area contributed by atoms with Crippen molar-refractivity contribution < 1.29 is 14.2 Å². The molecule has 20 heavy (non-hydrogen) atoms. The summed E-state index contributed by atoms with van der Waals surface area (Å²) in [5, 5.41) is 3.53. The van der Waals surface area contributed by atoms with Gasteiger partial charge in [-0.15, -0.1) is 0 Å². The van der Waals surface area contributed by atoms with Gasteiger partial charge in [-0.3, -0.25) is 0 Å². The Morgan fingerprint density at radius 2 is 2.25 bits per heavy atom. The Kier molecular flexibility index (Phi) is 4.43. The molecule has 1 N–H and O–H groups in total. The minimum atomic E-state index is 0.156. The molecule has 3 rings (SSSR count). The van der Waals surface area contributed by atoms with Crippen LogP contribution in [0.4, 0.5) is 0 Å². The third kappa shape index (κ3) is 3.25. The SMILES string of the molecule is COc1ccc(CC2CCCN2)cc1OC1CCOC1. The smallest absolute Gasteiger partial charge is 0.161 e. The summed E-state index contributed by atoms with van der Waals surface area (Å²) in [6, 6.07) is 6.87. The first-order valence-electron chi connectivity index (χ1n) is 7.50. The third-order valence-electron chi connectivity index (χ3n) is 4.05. The van der Waals surface area contributed by atoms with E-state index in [9.17, 15) is 0 Å². The van der Waals surface area contributed by atoms with E-state index in [2.05, 4.69) is 17.4 Å². The van der Waals surface area contributed by atoms with Crippen molar-refractivity contribution in [1.29, 1.82) is 0 Å². The van der Waals surface area contributed by atoms with Crippen LogP contribution in [0.3, 0.4) is 0 Å². The Hall–Kier alpha value is -1.26. The van der Waals surface area contributed by atoms with E-state index in [-0.39, 0.29) is 6.10 Å². The van der Waals surface area contributed by atoms with Gasteiger partial charge in [-0.2, -0.15) is 0 Å². The Morgan fingerprint density at radius 3 is 2.95 bits per heavy atom. The van der Waals surface area contributed by atoms with Gasteiger partial charge in [0.15, 0.2) is 11.5 Å². The highest BCUT2D eigenvalue weighted by Gasteiger charge is 2.20. The molecule has 2 heterocycles. The Bertz CT molecular complexity index is 437. The molecule has 1 aromatic rings. The number of hydrogen-bond donors (Lipinski definition) is 1. The topological polar surface area (TPSA) is 39.7 Å². The van der Waals surface area contributed by atoms with Crippen molar-refractivity contribution in [3.63, 3.8) is 0 Å². The van der Waals surface area contributed by atoms with E-state index in [4.69, 9.17) is 14.2 Å². The molecule has 2 unspecified atom stereocenters. The Labute approximate surface area is 120 Å². The second kappa shape index (κ2) is 6.46. The van der Waals surface area contributed by atoms with Crippen molar-refractivity contribution in [3.8, 4) is 11.5 Å². The maximum absolute atomic E-state index is 6.03. The van der Waals surface area contributed by atoms with Gasteiger partial charge >= 0.3 is 0 Å². The van der Waals surface area contributed by atoms with E-state index in [0.717, 1.165) is 37.5 Å². The summed E-state index contributed by atoms with van der Waals surface area (Å²) in [6.45, 7) is 2.61. The van der Waals surface area contributed by atoms with Gasteiger partial charge in [-0.1, -0.05) is 6.07 Å². The van der Waals surface area contributed by atoms with E-state index in [1.54, 1.807) is 7.11 Å². The van der Waals surface area contributed by atoms with Crippen LogP contribution in [0.5, 0.6) is 11.5 Å². The molecule has 1 aromatic carbocycles. The number of benzene rings is 1. The first-order valence-corrected chi connectivity index (χ1v) is 7.50. The third-order valence-corrected chi connectivity index (χ3v) is 4.05. The largest absolute Gasteiger partial charge is 0.493 e. The van der Waals surface area contributed by atoms with E-state index < -0.39 is 0 Å². The molecule has 2 fully saturated rings. The molecule has 2 atom stereocenters. The van der Waals surface area contributed by atoms with Gasteiger partial charge in [0.1, 0.15) is 6.10 Å². The highest BCUT2D eigenvalue weighted by molar-refractivity contribution is 5.43. The Balaban J connectivity index is 1.71. The zero-order chi connectivity index (χ0) is 13.8. The lowest BCUT2D eigenvalue weighted by atomic mass is 10.0. The summed E-state index contributed by atoms with van der Waals surface area (Å²) in [4.78, 5) is 0. The van der Waals surface area contributed by atoms with E-state index in [1.807, 2.05) is 6.07 Å². The zero-order valence-electron chi connectivity index (χ0n) is 12.1. The number of ether oxygens (including phenoxy) is 3. The lowest BCUT2D eigenvalue weighted by Crippen LogP contribution is -2.23. The minimum absolute atomic E-state index is 0.156. The maximum atomic E-state index is 6.03. The summed E-state index contributed by atoms with van der Waals surface area (Å²) in [5.41, 5.74) is 1.30. The molecule has 0 aromatic heterocycles. The van der Waals surface area contributed by atoms with Gasteiger partial charge in [-0.05, 0) is 43.5 Å². The van der Waals surface area contributed by atoms with Crippen LogP contribution < -0.4 is 14.8 Å². The van der Waals surface area contributed by atoms with Crippen LogP contribution >= 0.6 is 0 Å². The monoisotopic (exact) mass is 277 g/mol.